The first-order valence-corrected chi connectivity index (χ1v) is 7.47. The Morgan fingerprint density at radius 3 is 1.82 bits per heavy atom. The van der Waals surface area contributed by atoms with Crippen molar-refractivity contribution in [2.75, 3.05) is 0 Å². The van der Waals surface area contributed by atoms with Crippen molar-refractivity contribution in [2.24, 2.45) is 0 Å². The quantitative estimate of drug-likeness (QED) is 0.648. The van der Waals surface area contributed by atoms with Crippen molar-refractivity contribution in [2.45, 2.75) is 13.3 Å². The molecule has 0 spiro atoms. The van der Waals surface area contributed by atoms with E-state index in [0.29, 0.717) is 6.42 Å². The number of hydrogen-bond donors (Lipinski definition) is 0. The molecule has 0 saturated carbocycles. The molecule has 0 N–H and O–H groups in total. The van der Waals surface area contributed by atoms with Gasteiger partial charge < -0.3 is 0 Å². The Morgan fingerprint density at radius 2 is 1.27 bits per heavy atom. The zero-order valence-electron chi connectivity index (χ0n) is 12.6. The van der Waals surface area contributed by atoms with Crippen molar-refractivity contribution in [3.05, 3.63) is 84.4 Å². The van der Waals surface area contributed by atoms with Crippen LogP contribution in [-0.4, -0.2) is 5.78 Å². The predicted molar refractivity (Wildman–Crippen MR) is 91.7 cm³/mol. The molecule has 0 aromatic heterocycles. The van der Waals surface area contributed by atoms with Crippen molar-refractivity contribution in [1.29, 1.82) is 0 Å². The van der Waals surface area contributed by atoms with Gasteiger partial charge in [-0.2, -0.15) is 0 Å². The maximum Gasteiger partial charge on any atom is 0.134 e. The Labute approximate surface area is 131 Å². The van der Waals surface area contributed by atoms with Crippen LogP contribution in [0.2, 0.25) is 0 Å². The van der Waals surface area contributed by atoms with Crippen LogP contribution in [0.5, 0.6) is 0 Å². The fourth-order valence-corrected chi connectivity index (χ4v) is 2.71. The first-order valence-electron chi connectivity index (χ1n) is 7.47. The lowest BCUT2D eigenvalue weighted by Gasteiger charge is -2.12. The number of carbonyl (C=O) groups excluding carboxylic acids is 1. The molecule has 0 aliphatic heterocycles. The van der Waals surface area contributed by atoms with E-state index in [9.17, 15) is 4.79 Å². The molecular formula is C21H18O. The minimum absolute atomic E-state index is 0.187. The third-order valence-corrected chi connectivity index (χ3v) is 3.71. The molecule has 0 fully saturated rings. The van der Waals surface area contributed by atoms with Crippen molar-refractivity contribution < 1.29 is 4.79 Å². The van der Waals surface area contributed by atoms with E-state index in [1.54, 1.807) is 6.92 Å². The van der Waals surface area contributed by atoms with Gasteiger partial charge in [0.1, 0.15) is 5.78 Å². The van der Waals surface area contributed by atoms with Crippen LogP contribution < -0.4 is 0 Å². The first kappa shape index (κ1) is 14.3. The van der Waals surface area contributed by atoms with Gasteiger partial charge in [-0.1, -0.05) is 78.9 Å². The second-order valence-electron chi connectivity index (χ2n) is 5.49. The third kappa shape index (κ3) is 3.15. The molecule has 0 amide bonds. The monoisotopic (exact) mass is 286 g/mol. The SMILES string of the molecule is CC(=O)Cc1ccc(-c2ccccc2)c(-c2ccccc2)c1. The highest BCUT2D eigenvalue weighted by atomic mass is 16.1. The summed E-state index contributed by atoms with van der Waals surface area (Å²) in [5.41, 5.74) is 5.79. The maximum atomic E-state index is 11.4. The van der Waals surface area contributed by atoms with Crippen LogP contribution in [0.15, 0.2) is 78.9 Å². The van der Waals surface area contributed by atoms with Gasteiger partial charge in [-0.3, -0.25) is 4.79 Å². The van der Waals surface area contributed by atoms with Gasteiger partial charge in [0.05, 0.1) is 0 Å². The molecule has 1 nitrogen and oxygen atoms in total. The molecule has 0 aliphatic carbocycles. The standard InChI is InChI=1S/C21H18O/c1-16(22)14-17-12-13-20(18-8-4-2-5-9-18)21(15-17)19-10-6-3-7-11-19/h2-13,15H,14H2,1H3. The highest BCUT2D eigenvalue weighted by Crippen LogP contribution is 2.33. The van der Waals surface area contributed by atoms with Crippen LogP contribution in [0, 0.1) is 0 Å². The number of Topliss-reactive ketones (excluding diaryl/α,β-unsaturated/α-hetero) is 1. The Hall–Kier alpha value is -2.67. The molecule has 3 aromatic carbocycles. The van der Waals surface area contributed by atoms with Crippen LogP contribution in [0.4, 0.5) is 0 Å². The molecule has 0 aliphatic rings. The van der Waals surface area contributed by atoms with E-state index < -0.39 is 0 Å². The summed E-state index contributed by atoms with van der Waals surface area (Å²) >= 11 is 0. The van der Waals surface area contributed by atoms with Gasteiger partial charge >= 0.3 is 0 Å². The van der Waals surface area contributed by atoms with Gasteiger partial charge in [-0.05, 0) is 34.7 Å². The summed E-state index contributed by atoms with van der Waals surface area (Å²) < 4.78 is 0. The van der Waals surface area contributed by atoms with Gasteiger partial charge in [0, 0.05) is 6.42 Å². The van der Waals surface area contributed by atoms with Gasteiger partial charge in [0.15, 0.2) is 0 Å². The molecule has 3 rings (SSSR count). The average Bonchev–Trinajstić information content (AvgIpc) is 2.56. The van der Waals surface area contributed by atoms with Crippen molar-refractivity contribution in [3.8, 4) is 22.3 Å². The Kier molecular flexibility index (Phi) is 4.15. The van der Waals surface area contributed by atoms with E-state index in [1.807, 2.05) is 36.4 Å². The number of ketones is 1. The Morgan fingerprint density at radius 1 is 0.727 bits per heavy atom. The van der Waals surface area contributed by atoms with Gasteiger partial charge in [0.25, 0.3) is 0 Å². The first-order chi connectivity index (χ1) is 10.7. The Balaban J connectivity index is 2.15. The highest BCUT2D eigenvalue weighted by Gasteiger charge is 2.09. The minimum atomic E-state index is 0.187. The molecule has 108 valence electrons. The lowest BCUT2D eigenvalue weighted by molar-refractivity contribution is -0.116. The van der Waals surface area contributed by atoms with Crippen LogP contribution in [0.1, 0.15) is 12.5 Å². The molecule has 0 bridgehead atoms. The zero-order valence-corrected chi connectivity index (χ0v) is 12.6. The van der Waals surface area contributed by atoms with E-state index in [1.165, 1.54) is 22.3 Å². The van der Waals surface area contributed by atoms with Crippen LogP contribution in [-0.2, 0) is 11.2 Å². The summed E-state index contributed by atoms with van der Waals surface area (Å²) in [7, 11) is 0. The summed E-state index contributed by atoms with van der Waals surface area (Å²) in [4.78, 5) is 11.4. The summed E-state index contributed by atoms with van der Waals surface area (Å²) in [5.74, 6) is 0.187. The van der Waals surface area contributed by atoms with Gasteiger partial charge in [-0.15, -0.1) is 0 Å². The zero-order chi connectivity index (χ0) is 15.4. The van der Waals surface area contributed by atoms with E-state index >= 15 is 0 Å². The number of carbonyl (C=O) groups is 1. The summed E-state index contributed by atoms with van der Waals surface area (Å²) in [5, 5.41) is 0. The third-order valence-electron chi connectivity index (χ3n) is 3.71. The van der Waals surface area contributed by atoms with E-state index in [4.69, 9.17) is 0 Å². The van der Waals surface area contributed by atoms with E-state index in [2.05, 4.69) is 42.5 Å². The molecule has 0 unspecified atom stereocenters. The van der Waals surface area contributed by atoms with Crippen molar-refractivity contribution in [1.82, 2.24) is 0 Å². The maximum absolute atomic E-state index is 11.4. The number of rotatable bonds is 4. The van der Waals surface area contributed by atoms with Gasteiger partial charge in [0.2, 0.25) is 0 Å². The Bertz CT molecular complexity index is 774. The molecule has 3 aromatic rings. The normalized spacial score (nSPS) is 10.4. The molecule has 0 saturated heterocycles. The second kappa shape index (κ2) is 6.40. The molecule has 1 heteroatoms. The minimum Gasteiger partial charge on any atom is -0.300 e. The van der Waals surface area contributed by atoms with Crippen LogP contribution in [0.3, 0.4) is 0 Å². The second-order valence-corrected chi connectivity index (χ2v) is 5.49. The lowest BCUT2D eigenvalue weighted by Crippen LogP contribution is -1.97. The van der Waals surface area contributed by atoms with Crippen molar-refractivity contribution in [3.63, 3.8) is 0 Å². The molecule has 0 radical (unpaired) electrons. The summed E-state index contributed by atoms with van der Waals surface area (Å²) in [6.45, 7) is 1.63. The molecular weight excluding hydrogens is 268 g/mol. The van der Waals surface area contributed by atoms with E-state index in [-0.39, 0.29) is 5.78 Å². The predicted octanol–water partition coefficient (Wildman–Crippen LogP) is 5.15. The molecule has 0 heterocycles. The van der Waals surface area contributed by atoms with Crippen LogP contribution >= 0.6 is 0 Å². The summed E-state index contributed by atoms with van der Waals surface area (Å²) in [6, 6.07) is 27.0. The number of benzene rings is 3. The smallest absolute Gasteiger partial charge is 0.134 e. The molecule has 0 atom stereocenters. The average molecular weight is 286 g/mol. The largest absolute Gasteiger partial charge is 0.300 e. The van der Waals surface area contributed by atoms with Crippen LogP contribution in [0.25, 0.3) is 22.3 Å². The summed E-state index contributed by atoms with van der Waals surface area (Å²) in [6.07, 6.45) is 0.481. The fourth-order valence-electron chi connectivity index (χ4n) is 2.71. The van der Waals surface area contributed by atoms with Gasteiger partial charge in [-0.25, -0.2) is 0 Å². The highest BCUT2D eigenvalue weighted by molar-refractivity contribution is 5.85. The number of hydrogen-bond acceptors (Lipinski definition) is 1. The topological polar surface area (TPSA) is 17.1 Å². The lowest BCUT2D eigenvalue weighted by atomic mass is 9.92. The van der Waals surface area contributed by atoms with Crippen molar-refractivity contribution >= 4 is 5.78 Å². The fraction of sp³-hybridized carbons (Fsp3) is 0.0952. The van der Waals surface area contributed by atoms with E-state index in [0.717, 1.165) is 5.56 Å². The molecule has 22 heavy (non-hydrogen) atoms.